The van der Waals surface area contributed by atoms with Gasteiger partial charge in [-0.2, -0.15) is 0 Å². The summed E-state index contributed by atoms with van der Waals surface area (Å²) in [4.78, 5) is 28.9. The van der Waals surface area contributed by atoms with Gasteiger partial charge in [-0.05, 0) is 81.1 Å². The van der Waals surface area contributed by atoms with Crippen LogP contribution < -0.4 is 9.62 Å². The van der Waals surface area contributed by atoms with E-state index in [2.05, 4.69) is 5.32 Å². The molecule has 1 unspecified atom stereocenters. The number of halogens is 2. The second-order valence-corrected chi connectivity index (χ2v) is 13.3. The number of aryl methyl sites for hydroxylation is 2. The van der Waals surface area contributed by atoms with Crippen LogP contribution in [0.3, 0.4) is 0 Å². The summed E-state index contributed by atoms with van der Waals surface area (Å²) in [5.41, 5.74) is 2.78. The highest BCUT2D eigenvalue weighted by molar-refractivity contribution is 7.92. The predicted molar refractivity (Wildman–Crippen MR) is 164 cm³/mol. The maximum absolute atomic E-state index is 14.1. The molecule has 1 saturated carbocycles. The molecule has 4 rings (SSSR count). The van der Waals surface area contributed by atoms with E-state index in [1.54, 1.807) is 55.5 Å². The number of hydrogen-bond acceptors (Lipinski definition) is 4. The Morgan fingerprint density at radius 2 is 1.61 bits per heavy atom. The zero-order valence-corrected chi connectivity index (χ0v) is 25.8. The number of amides is 2. The molecule has 0 bridgehead atoms. The minimum atomic E-state index is -4.12. The molecule has 0 radical (unpaired) electrons. The molecule has 1 aliphatic carbocycles. The van der Waals surface area contributed by atoms with E-state index < -0.39 is 28.5 Å². The van der Waals surface area contributed by atoms with E-state index in [9.17, 15) is 18.0 Å². The Bertz CT molecular complexity index is 1510. The van der Waals surface area contributed by atoms with E-state index >= 15 is 0 Å². The van der Waals surface area contributed by atoms with Crippen molar-refractivity contribution in [3.05, 3.63) is 93.5 Å². The van der Waals surface area contributed by atoms with E-state index in [-0.39, 0.29) is 23.4 Å². The number of carbonyl (C=O) groups excluding carboxylic acids is 2. The van der Waals surface area contributed by atoms with Crippen molar-refractivity contribution < 1.29 is 18.0 Å². The molecule has 10 heteroatoms. The molecule has 7 nitrogen and oxygen atoms in total. The van der Waals surface area contributed by atoms with Crippen molar-refractivity contribution >= 4 is 50.7 Å². The average Bonchev–Trinajstić information content (AvgIpc) is 3.45. The first-order valence-electron chi connectivity index (χ1n) is 13.7. The van der Waals surface area contributed by atoms with Gasteiger partial charge in [0.2, 0.25) is 11.8 Å². The third-order valence-corrected chi connectivity index (χ3v) is 9.91. The molecule has 2 amide bonds. The Labute approximate surface area is 252 Å². The van der Waals surface area contributed by atoms with Gasteiger partial charge in [-0.3, -0.25) is 13.9 Å². The molecular weight excluding hydrogens is 581 g/mol. The normalized spacial score (nSPS) is 14.5. The second-order valence-electron chi connectivity index (χ2n) is 10.6. The number of rotatable bonds is 10. The molecule has 3 aromatic rings. The van der Waals surface area contributed by atoms with Crippen LogP contribution in [0.2, 0.25) is 10.0 Å². The summed E-state index contributed by atoms with van der Waals surface area (Å²) >= 11 is 12.4. The minimum absolute atomic E-state index is 0.0429. The highest BCUT2D eigenvalue weighted by atomic mass is 35.5. The Morgan fingerprint density at radius 1 is 0.927 bits per heavy atom. The Hall–Kier alpha value is -3.07. The summed E-state index contributed by atoms with van der Waals surface area (Å²) in [7, 11) is -4.12. The number of carbonyl (C=O) groups is 2. The number of hydrogen-bond donors (Lipinski definition) is 1. The van der Waals surface area contributed by atoms with E-state index in [1.807, 2.05) is 19.9 Å². The van der Waals surface area contributed by atoms with Gasteiger partial charge in [0.1, 0.15) is 12.6 Å². The smallest absolute Gasteiger partial charge is 0.264 e. The number of sulfonamides is 1. The third kappa shape index (κ3) is 7.61. The number of nitrogens with zero attached hydrogens (tertiary/aromatic N) is 2. The van der Waals surface area contributed by atoms with E-state index in [0.29, 0.717) is 21.3 Å². The van der Waals surface area contributed by atoms with Crippen molar-refractivity contribution in [2.45, 2.75) is 70.0 Å². The molecule has 1 N–H and O–H groups in total. The summed E-state index contributed by atoms with van der Waals surface area (Å²) in [6.07, 6.45) is 3.89. The Kier molecular flexibility index (Phi) is 10.00. The fraction of sp³-hybridized carbons (Fsp3) is 0.355. The van der Waals surface area contributed by atoms with Gasteiger partial charge in [0.25, 0.3) is 10.0 Å². The third-order valence-electron chi connectivity index (χ3n) is 7.38. The topological polar surface area (TPSA) is 86.8 Å². The summed E-state index contributed by atoms with van der Waals surface area (Å²) in [6, 6.07) is 17.7. The highest BCUT2D eigenvalue weighted by Gasteiger charge is 2.33. The maximum atomic E-state index is 14.1. The van der Waals surface area contributed by atoms with Crippen LogP contribution in [-0.4, -0.2) is 43.8 Å². The second kappa shape index (κ2) is 13.3. The summed E-state index contributed by atoms with van der Waals surface area (Å²) in [5, 5.41) is 3.75. The van der Waals surface area contributed by atoms with Gasteiger partial charge in [0.15, 0.2) is 0 Å². The van der Waals surface area contributed by atoms with Gasteiger partial charge in [0, 0.05) is 12.6 Å². The summed E-state index contributed by atoms with van der Waals surface area (Å²) in [6.45, 7) is 4.93. The lowest BCUT2D eigenvalue weighted by Crippen LogP contribution is -2.52. The number of nitrogens with one attached hydrogen (secondary N) is 1. The van der Waals surface area contributed by atoms with Crippen molar-refractivity contribution in [2.75, 3.05) is 10.8 Å². The Morgan fingerprint density at radius 3 is 2.24 bits per heavy atom. The SMILES string of the molecule is Cc1ccc(S(=O)(=O)N(CC(=O)N(Cc2ccc(Cl)c(Cl)c2)C(C)C(=O)NC2CCCC2)c2cccc(C)c2)cc1. The Balaban J connectivity index is 1.70. The lowest BCUT2D eigenvalue weighted by Gasteiger charge is -2.32. The van der Waals surface area contributed by atoms with Crippen LogP contribution in [0, 0.1) is 13.8 Å². The van der Waals surface area contributed by atoms with Crippen LogP contribution in [-0.2, 0) is 26.2 Å². The number of benzene rings is 3. The van der Waals surface area contributed by atoms with Crippen molar-refractivity contribution in [2.24, 2.45) is 0 Å². The predicted octanol–water partition coefficient (Wildman–Crippen LogP) is 6.28. The first kappa shape index (κ1) is 30.9. The fourth-order valence-electron chi connectivity index (χ4n) is 4.96. The minimum Gasteiger partial charge on any atom is -0.352 e. The molecule has 0 aliphatic heterocycles. The van der Waals surface area contributed by atoms with Crippen molar-refractivity contribution in [3.63, 3.8) is 0 Å². The highest BCUT2D eigenvalue weighted by Crippen LogP contribution is 2.27. The van der Waals surface area contributed by atoms with E-state index in [1.165, 1.54) is 17.0 Å². The molecule has 3 aromatic carbocycles. The van der Waals surface area contributed by atoms with Gasteiger partial charge in [-0.15, -0.1) is 0 Å². The quantitative estimate of drug-likeness (QED) is 0.291. The molecule has 1 atom stereocenters. The summed E-state index contributed by atoms with van der Waals surface area (Å²) < 4.78 is 29.0. The maximum Gasteiger partial charge on any atom is 0.264 e. The van der Waals surface area contributed by atoms with Gasteiger partial charge in [0.05, 0.1) is 20.6 Å². The fourth-order valence-corrected chi connectivity index (χ4v) is 6.69. The lowest BCUT2D eigenvalue weighted by molar-refractivity contribution is -0.139. The van der Waals surface area contributed by atoms with Crippen LogP contribution in [0.1, 0.15) is 49.3 Å². The van der Waals surface area contributed by atoms with Crippen LogP contribution in [0.25, 0.3) is 0 Å². The van der Waals surface area contributed by atoms with Crippen LogP contribution in [0.4, 0.5) is 5.69 Å². The van der Waals surface area contributed by atoms with Crippen molar-refractivity contribution in [1.82, 2.24) is 10.2 Å². The van der Waals surface area contributed by atoms with Crippen LogP contribution in [0.5, 0.6) is 0 Å². The first-order valence-corrected chi connectivity index (χ1v) is 15.8. The largest absolute Gasteiger partial charge is 0.352 e. The zero-order chi connectivity index (χ0) is 29.7. The zero-order valence-electron chi connectivity index (χ0n) is 23.4. The number of anilines is 1. The first-order chi connectivity index (χ1) is 19.5. The lowest BCUT2D eigenvalue weighted by atomic mass is 10.1. The molecule has 0 heterocycles. The van der Waals surface area contributed by atoms with Crippen LogP contribution >= 0.6 is 23.2 Å². The van der Waals surface area contributed by atoms with Gasteiger partial charge < -0.3 is 10.2 Å². The summed E-state index contributed by atoms with van der Waals surface area (Å²) in [5.74, 6) is -0.809. The standard InChI is InChI=1S/C31H35Cl2N3O4S/c1-21-11-14-27(15-12-21)41(39,40)36(26-10-6-7-22(2)17-26)20-30(37)35(19-24-13-16-28(32)29(33)18-24)23(3)31(38)34-25-8-4-5-9-25/h6-7,10-18,23,25H,4-5,8-9,19-20H2,1-3H3,(H,34,38). The molecule has 1 aliphatic rings. The molecule has 218 valence electrons. The van der Waals surface area contributed by atoms with Gasteiger partial charge in [-0.1, -0.05) is 71.9 Å². The molecule has 1 fully saturated rings. The van der Waals surface area contributed by atoms with Gasteiger partial charge in [-0.25, -0.2) is 8.42 Å². The molecule has 41 heavy (non-hydrogen) atoms. The van der Waals surface area contributed by atoms with Crippen molar-refractivity contribution in [3.8, 4) is 0 Å². The molecular formula is C31H35Cl2N3O4S. The average molecular weight is 617 g/mol. The van der Waals surface area contributed by atoms with Crippen molar-refractivity contribution in [1.29, 1.82) is 0 Å². The van der Waals surface area contributed by atoms with Crippen LogP contribution in [0.15, 0.2) is 71.6 Å². The molecule has 0 aromatic heterocycles. The van der Waals surface area contributed by atoms with E-state index in [4.69, 9.17) is 23.2 Å². The van der Waals surface area contributed by atoms with Gasteiger partial charge >= 0.3 is 0 Å². The van der Waals surface area contributed by atoms with E-state index in [0.717, 1.165) is 41.1 Å². The molecule has 0 saturated heterocycles. The monoisotopic (exact) mass is 615 g/mol. The molecule has 0 spiro atoms.